The van der Waals surface area contributed by atoms with E-state index in [1.165, 1.54) is 12.1 Å². The third-order valence-corrected chi connectivity index (χ3v) is 2.75. The molecule has 0 bridgehead atoms. The molecule has 0 aliphatic heterocycles. The number of imidazole rings is 1. The maximum absolute atomic E-state index is 13.4. The molecular weight excluding hydrogens is 317 g/mol. The molecule has 2 rings (SSSR count). The van der Waals surface area contributed by atoms with Gasteiger partial charge in [-0.15, -0.1) is 0 Å². The summed E-state index contributed by atoms with van der Waals surface area (Å²) < 4.78 is 19.1. The molecule has 0 aliphatic rings. The molecule has 0 atom stereocenters. The van der Waals surface area contributed by atoms with Crippen molar-refractivity contribution in [3.8, 4) is 5.75 Å². The molecular formula is C12H11BrFN3O2. The van der Waals surface area contributed by atoms with E-state index in [9.17, 15) is 9.18 Å². The van der Waals surface area contributed by atoms with Gasteiger partial charge in [0.2, 0.25) is 0 Å². The van der Waals surface area contributed by atoms with E-state index >= 15 is 0 Å². The van der Waals surface area contributed by atoms with Crippen molar-refractivity contribution in [3.63, 3.8) is 0 Å². The maximum Gasteiger partial charge on any atom is 0.258 e. The molecule has 7 heteroatoms. The average Bonchev–Trinajstić information content (AvgIpc) is 2.88. The summed E-state index contributed by atoms with van der Waals surface area (Å²) in [6.07, 6.45) is 3.25. The van der Waals surface area contributed by atoms with E-state index in [1.807, 2.05) is 0 Å². The van der Waals surface area contributed by atoms with Gasteiger partial charge in [0.05, 0.1) is 6.54 Å². The number of nitrogens with one attached hydrogen (secondary N) is 2. The van der Waals surface area contributed by atoms with E-state index in [0.717, 1.165) is 0 Å². The molecule has 5 nitrogen and oxygen atoms in total. The molecule has 1 aromatic carbocycles. The van der Waals surface area contributed by atoms with E-state index in [1.54, 1.807) is 18.5 Å². The van der Waals surface area contributed by atoms with Crippen LogP contribution in [0.25, 0.3) is 0 Å². The molecule has 1 heterocycles. The van der Waals surface area contributed by atoms with Crippen LogP contribution in [0.1, 0.15) is 5.82 Å². The van der Waals surface area contributed by atoms with E-state index in [4.69, 9.17) is 4.74 Å². The minimum absolute atomic E-state index is 0.0383. The Hall–Kier alpha value is -1.89. The zero-order valence-corrected chi connectivity index (χ0v) is 11.4. The van der Waals surface area contributed by atoms with Gasteiger partial charge in [0, 0.05) is 16.9 Å². The molecule has 0 spiro atoms. The van der Waals surface area contributed by atoms with E-state index in [-0.39, 0.29) is 24.8 Å². The number of ether oxygens (including phenoxy) is 1. The second-order valence-electron chi connectivity index (χ2n) is 3.68. The molecule has 1 amide bonds. The first-order chi connectivity index (χ1) is 9.15. The molecule has 2 N–H and O–H groups in total. The first-order valence-electron chi connectivity index (χ1n) is 5.48. The zero-order chi connectivity index (χ0) is 13.7. The van der Waals surface area contributed by atoms with Crippen molar-refractivity contribution in [2.24, 2.45) is 0 Å². The second kappa shape index (κ2) is 6.33. The van der Waals surface area contributed by atoms with Crippen LogP contribution in [0.4, 0.5) is 4.39 Å². The topological polar surface area (TPSA) is 67.0 Å². The highest BCUT2D eigenvalue weighted by Gasteiger charge is 2.07. The fraction of sp³-hybridized carbons (Fsp3) is 0.167. The molecule has 0 unspecified atom stereocenters. The summed E-state index contributed by atoms with van der Waals surface area (Å²) in [4.78, 5) is 18.3. The highest BCUT2D eigenvalue weighted by molar-refractivity contribution is 9.10. The van der Waals surface area contributed by atoms with Gasteiger partial charge in [0.1, 0.15) is 5.82 Å². The smallest absolute Gasteiger partial charge is 0.258 e. The molecule has 0 saturated heterocycles. The summed E-state index contributed by atoms with van der Waals surface area (Å²) in [5.41, 5.74) is 0. The average molecular weight is 328 g/mol. The molecule has 100 valence electrons. The molecule has 0 fully saturated rings. The highest BCUT2D eigenvalue weighted by Crippen LogP contribution is 2.21. The Morgan fingerprint density at radius 1 is 1.53 bits per heavy atom. The van der Waals surface area contributed by atoms with Crippen LogP contribution in [0, 0.1) is 5.82 Å². The zero-order valence-electron chi connectivity index (χ0n) is 9.82. The summed E-state index contributed by atoms with van der Waals surface area (Å²) in [5, 5.41) is 2.60. The van der Waals surface area contributed by atoms with Gasteiger partial charge in [-0.25, -0.2) is 9.37 Å². The minimum Gasteiger partial charge on any atom is -0.481 e. The van der Waals surface area contributed by atoms with Crippen molar-refractivity contribution in [2.45, 2.75) is 6.54 Å². The van der Waals surface area contributed by atoms with Gasteiger partial charge in [0.25, 0.3) is 5.91 Å². The van der Waals surface area contributed by atoms with Gasteiger partial charge >= 0.3 is 0 Å². The van der Waals surface area contributed by atoms with Crippen LogP contribution in [0.2, 0.25) is 0 Å². The predicted molar refractivity (Wildman–Crippen MR) is 70.0 cm³/mol. The summed E-state index contributed by atoms with van der Waals surface area (Å²) in [5.74, 6) is -0.188. The Labute approximate surface area is 117 Å². The minimum atomic E-state index is -0.520. The van der Waals surface area contributed by atoms with Crippen molar-refractivity contribution in [3.05, 3.63) is 46.7 Å². The Kier molecular flexibility index (Phi) is 4.51. The number of aromatic nitrogens is 2. The lowest BCUT2D eigenvalue weighted by atomic mass is 10.3. The fourth-order valence-corrected chi connectivity index (χ4v) is 1.70. The van der Waals surface area contributed by atoms with E-state index in [2.05, 4.69) is 31.2 Å². The van der Waals surface area contributed by atoms with Gasteiger partial charge in [0.15, 0.2) is 18.2 Å². The van der Waals surface area contributed by atoms with Gasteiger partial charge in [-0.1, -0.05) is 15.9 Å². The largest absolute Gasteiger partial charge is 0.481 e. The number of aromatic amines is 1. The third kappa shape index (κ3) is 4.06. The SMILES string of the molecule is O=C(COc1ccc(Br)cc1F)NCc1ncc[nH]1. The summed E-state index contributed by atoms with van der Waals surface area (Å²) >= 11 is 3.14. The number of amides is 1. The van der Waals surface area contributed by atoms with Gasteiger partial charge in [-0.05, 0) is 18.2 Å². The van der Waals surface area contributed by atoms with Crippen molar-refractivity contribution < 1.29 is 13.9 Å². The Balaban J connectivity index is 1.80. The van der Waals surface area contributed by atoms with Crippen LogP contribution in [0.3, 0.4) is 0 Å². The lowest BCUT2D eigenvalue weighted by molar-refractivity contribution is -0.123. The number of carbonyl (C=O) groups excluding carboxylic acids is 1. The highest BCUT2D eigenvalue weighted by atomic mass is 79.9. The van der Waals surface area contributed by atoms with Crippen LogP contribution < -0.4 is 10.1 Å². The Bertz CT molecular complexity index is 560. The number of benzene rings is 1. The summed E-state index contributed by atoms with van der Waals surface area (Å²) in [6, 6.07) is 4.37. The molecule has 0 saturated carbocycles. The molecule has 19 heavy (non-hydrogen) atoms. The molecule has 2 aromatic rings. The molecule has 1 aromatic heterocycles. The predicted octanol–water partition coefficient (Wildman–Crippen LogP) is 2.01. The standard InChI is InChI=1S/C12H11BrFN3O2/c13-8-1-2-10(9(14)5-8)19-7-12(18)17-6-11-15-3-4-16-11/h1-5H,6-7H2,(H,15,16)(H,17,18). The number of H-pyrrole nitrogens is 1. The molecule has 0 aliphatic carbocycles. The second-order valence-corrected chi connectivity index (χ2v) is 4.59. The Morgan fingerprint density at radius 3 is 3.05 bits per heavy atom. The van der Waals surface area contributed by atoms with Crippen LogP contribution in [-0.4, -0.2) is 22.5 Å². The summed E-state index contributed by atoms with van der Waals surface area (Å²) in [7, 11) is 0. The lowest BCUT2D eigenvalue weighted by Crippen LogP contribution is -2.28. The normalized spacial score (nSPS) is 10.2. The quantitative estimate of drug-likeness (QED) is 0.882. The van der Waals surface area contributed by atoms with Crippen LogP contribution in [-0.2, 0) is 11.3 Å². The fourth-order valence-electron chi connectivity index (χ4n) is 1.36. The number of nitrogens with zero attached hydrogens (tertiary/aromatic N) is 1. The first-order valence-corrected chi connectivity index (χ1v) is 6.27. The monoisotopic (exact) mass is 327 g/mol. The number of hydrogen-bond acceptors (Lipinski definition) is 3. The first kappa shape index (κ1) is 13.5. The van der Waals surface area contributed by atoms with Crippen LogP contribution in [0.5, 0.6) is 5.75 Å². The Morgan fingerprint density at radius 2 is 2.37 bits per heavy atom. The number of carbonyl (C=O) groups is 1. The number of rotatable bonds is 5. The van der Waals surface area contributed by atoms with Crippen molar-refractivity contribution in [2.75, 3.05) is 6.61 Å². The van der Waals surface area contributed by atoms with Crippen LogP contribution in [0.15, 0.2) is 35.1 Å². The molecule has 0 radical (unpaired) electrons. The summed E-state index contributed by atoms with van der Waals surface area (Å²) in [6.45, 7) is 0.0251. The van der Waals surface area contributed by atoms with E-state index in [0.29, 0.717) is 10.3 Å². The maximum atomic E-state index is 13.4. The third-order valence-electron chi connectivity index (χ3n) is 2.26. The number of hydrogen-bond donors (Lipinski definition) is 2. The van der Waals surface area contributed by atoms with Gasteiger partial charge in [-0.2, -0.15) is 0 Å². The van der Waals surface area contributed by atoms with Crippen molar-refractivity contribution >= 4 is 21.8 Å². The van der Waals surface area contributed by atoms with Gasteiger partial charge < -0.3 is 15.0 Å². The lowest BCUT2D eigenvalue weighted by Gasteiger charge is -2.07. The van der Waals surface area contributed by atoms with Crippen molar-refractivity contribution in [1.82, 2.24) is 15.3 Å². The van der Waals surface area contributed by atoms with Gasteiger partial charge in [-0.3, -0.25) is 4.79 Å². The van der Waals surface area contributed by atoms with Crippen molar-refractivity contribution in [1.29, 1.82) is 0 Å². The number of halogens is 2. The van der Waals surface area contributed by atoms with Crippen LogP contribution >= 0.6 is 15.9 Å². The van der Waals surface area contributed by atoms with E-state index < -0.39 is 5.82 Å².